The Labute approximate surface area is 174 Å². The number of fused-ring (bicyclic) bond motifs is 1. The quantitative estimate of drug-likeness (QED) is 0.444. The van der Waals surface area contributed by atoms with Gasteiger partial charge < -0.3 is 15.0 Å². The number of hydrogen-bond donors (Lipinski definition) is 2. The molecule has 0 amide bonds. The Kier molecular flexibility index (Phi) is 4.82. The maximum atomic E-state index is 11.9. The van der Waals surface area contributed by atoms with Gasteiger partial charge in [-0.2, -0.15) is 5.26 Å². The summed E-state index contributed by atoms with van der Waals surface area (Å²) in [7, 11) is 1.56. The van der Waals surface area contributed by atoms with Gasteiger partial charge in [-0.25, -0.2) is 0 Å². The minimum absolute atomic E-state index is 0.0159. The van der Waals surface area contributed by atoms with Crippen molar-refractivity contribution < 1.29 is 9.66 Å². The average molecular weight is 451 g/mol. The predicted octanol–water partition coefficient (Wildman–Crippen LogP) is 4.64. The normalized spacial score (nSPS) is 16.5. The van der Waals surface area contributed by atoms with Gasteiger partial charge in [0.25, 0.3) is 5.88 Å². The predicted molar refractivity (Wildman–Crippen MR) is 112 cm³/mol. The molecule has 0 bridgehead atoms. The fourth-order valence-corrected chi connectivity index (χ4v) is 3.79. The van der Waals surface area contributed by atoms with E-state index in [4.69, 9.17) is 4.74 Å². The second-order valence-corrected chi connectivity index (χ2v) is 7.33. The molecule has 1 atom stereocenters. The molecule has 2 heterocycles. The van der Waals surface area contributed by atoms with Crippen LogP contribution in [0.4, 0.5) is 0 Å². The topological polar surface area (TPSA) is 104 Å². The molecule has 3 aromatic rings. The highest BCUT2D eigenvalue weighted by Gasteiger charge is 2.42. The zero-order valence-electron chi connectivity index (χ0n) is 15.3. The summed E-state index contributed by atoms with van der Waals surface area (Å²) in [5.41, 5.74) is 2.17. The molecule has 8 heteroatoms. The Morgan fingerprint density at radius 1 is 1.24 bits per heavy atom. The van der Waals surface area contributed by atoms with Crippen LogP contribution in [0, 0.1) is 21.4 Å². The van der Waals surface area contributed by atoms with Crippen molar-refractivity contribution in [3.63, 3.8) is 0 Å². The molecule has 29 heavy (non-hydrogen) atoms. The van der Waals surface area contributed by atoms with Gasteiger partial charge in [-0.15, -0.1) is 0 Å². The van der Waals surface area contributed by atoms with Crippen molar-refractivity contribution in [3.05, 3.63) is 97.6 Å². The van der Waals surface area contributed by atoms with Crippen molar-refractivity contribution in [2.75, 3.05) is 7.05 Å². The SMILES string of the molecule is CNC1=C([N+](=O)[O-])C(c2ccc(Br)cc2)C(C#N)=C(c2c[nH]c3ccccc23)O1. The number of para-hydroxylation sites is 1. The van der Waals surface area contributed by atoms with Gasteiger partial charge in [-0.1, -0.05) is 46.3 Å². The number of ether oxygens (including phenoxy) is 1. The van der Waals surface area contributed by atoms with Crippen LogP contribution in [0.5, 0.6) is 0 Å². The van der Waals surface area contributed by atoms with Gasteiger partial charge in [0.15, 0.2) is 5.76 Å². The molecule has 2 aromatic carbocycles. The molecule has 1 aliphatic heterocycles. The van der Waals surface area contributed by atoms with Crippen molar-refractivity contribution in [1.29, 1.82) is 5.26 Å². The van der Waals surface area contributed by atoms with Crippen LogP contribution in [-0.4, -0.2) is 17.0 Å². The lowest BCUT2D eigenvalue weighted by atomic mass is 9.85. The number of nitro groups is 1. The Bertz CT molecular complexity index is 1220. The lowest BCUT2D eigenvalue weighted by molar-refractivity contribution is -0.433. The summed E-state index contributed by atoms with van der Waals surface area (Å²) >= 11 is 3.38. The van der Waals surface area contributed by atoms with Crippen molar-refractivity contribution in [3.8, 4) is 6.07 Å². The molecule has 0 fully saturated rings. The first-order chi connectivity index (χ1) is 14.0. The molecule has 0 spiro atoms. The third kappa shape index (κ3) is 3.15. The van der Waals surface area contributed by atoms with Crippen molar-refractivity contribution in [1.82, 2.24) is 10.3 Å². The van der Waals surface area contributed by atoms with E-state index in [0.29, 0.717) is 16.9 Å². The molecule has 0 saturated carbocycles. The summed E-state index contributed by atoms with van der Waals surface area (Å²) < 4.78 is 6.74. The molecule has 1 aromatic heterocycles. The zero-order valence-corrected chi connectivity index (χ0v) is 16.9. The van der Waals surface area contributed by atoms with E-state index in [9.17, 15) is 15.4 Å². The fraction of sp³-hybridized carbons (Fsp3) is 0.0952. The van der Waals surface area contributed by atoms with E-state index in [1.165, 1.54) is 0 Å². The van der Waals surface area contributed by atoms with E-state index >= 15 is 0 Å². The number of hydrogen-bond acceptors (Lipinski definition) is 5. The largest absolute Gasteiger partial charge is 0.434 e. The number of nitrogens with one attached hydrogen (secondary N) is 2. The maximum absolute atomic E-state index is 11.9. The smallest absolute Gasteiger partial charge is 0.318 e. The zero-order chi connectivity index (χ0) is 20.5. The average Bonchev–Trinajstić information content (AvgIpc) is 3.16. The molecule has 144 valence electrons. The standard InChI is InChI=1S/C21H15BrN4O3/c1-24-21-19(26(27)28)18(12-6-8-13(22)9-7-12)15(10-23)20(29-21)16-11-25-17-5-3-2-4-14(16)17/h2-9,11,18,24-25H,1H3. The molecule has 1 aliphatic rings. The van der Waals surface area contributed by atoms with E-state index in [1.54, 1.807) is 37.5 Å². The minimum atomic E-state index is -0.872. The lowest BCUT2D eigenvalue weighted by Gasteiger charge is -2.25. The maximum Gasteiger partial charge on any atom is 0.318 e. The van der Waals surface area contributed by atoms with Crippen LogP contribution in [0.3, 0.4) is 0 Å². The Balaban J connectivity index is 2.00. The van der Waals surface area contributed by atoms with Gasteiger partial charge in [0.1, 0.15) is 5.92 Å². The molecular weight excluding hydrogens is 436 g/mol. The van der Waals surface area contributed by atoms with Crippen LogP contribution < -0.4 is 5.32 Å². The number of nitrogens with zero attached hydrogens (tertiary/aromatic N) is 2. The summed E-state index contributed by atoms with van der Waals surface area (Å²) in [6.45, 7) is 0. The highest BCUT2D eigenvalue weighted by atomic mass is 79.9. The molecule has 1 unspecified atom stereocenters. The number of aromatic nitrogens is 1. The van der Waals surface area contributed by atoms with E-state index in [1.807, 2.05) is 24.3 Å². The first-order valence-corrected chi connectivity index (χ1v) is 9.54. The van der Waals surface area contributed by atoms with Crippen LogP contribution >= 0.6 is 15.9 Å². The van der Waals surface area contributed by atoms with Crippen LogP contribution in [0.25, 0.3) is 16.7 Å². The Hall–Kier alpha value is -3.57. The van der Waals surface area contributed by atoms with E-state index in [-0.39, 0.29) is 17.2 Å². The number of benzene rings is 2. The monoisotopic (exact) mass is 450 g/mol. The lowest BCUT2D eigenvalue weighted by Crippen LogP contribution is -2.26. The minimum Gasteiger partial charge on any atom is -0.434 e. The van der Waals surface area contributed by atoms with Crippen LogP contribution in [-0.2, 0) is 4.74 Å². The number of allylic oxidation sites excluding steroid dienone is 1. The highest BCUT2D eigenvalue weighted by Crippen LogP contribution is 2.44. The van der Waals surface area contributed by atoms with Gasteiger partial charge in [0.2, 0.25) is 0 Å². The van der Waals surface area contributed by atoms with Gasteiger partial charge >= 0.3 is 5.70 Å². The second kappa shape index (κ2) is 7.45. The summed E-state index contributed by atoms with van der Waals surface area (Å²) in [6, 6.07) is 16.9. The summed E-state index contributed by atoms with van der Waals surface area (Å²) in [5.74, 6) is -0.557. The molecule has 0 radical (unpaired) electrons. The van der Waals surface area contributed by atoms with Crippen LogP contribution in [0.2, 0.25) is 0 Å². The van der Waals surface area contributed by atoms with Crippen LogP contribution in [0.1, 0.15) is 17.0 Å². The van der Waals surface area contributed by atoms with Gasteiger partial charge in [-0.05, 0) is 23.8 Å². The number of halogens is 1. The first-order valence-electron chi connectivity index (χ1n) is 8.75. The van der Waals surface area contributed by atoms with Gasteiger partial charge in [-0.3, -0.25) is 10.1 Å². The second-order valence-electron chi connectivity index (χ2n) is 6.41. The van der Waals surface area contributed by atoms with Crippen molar-refractivity contribution in [2.24, 2.45) is 0 Å². The third-order valence-electron chi connectivity index (χ3n) is 4.82. The summed E-state index contributed by atoms with van der Waals surface area (Å²) in [6.07, 6.45) is 1.75. The van der Waals surface area contributed by atoms with E-state index < -0.39 is 10.8 Å². The molecule has 4 rings (SSSR count). The third-order valence-corrected chi connectivity index (χ3v) is 5.35. The molecule has 7 nitrogen and oxygen atoms in total. The van der Waals surface area contributed by atoms with E-state index in [2.05, 4.69) is 32.3 Å². The number of H-pyrrole nitrogens is 1. The van der Waals surface area contributed by atoms with E-state index in [0.717, 1.165) is 15.4 Å². The van der Waals surface area contributed by atoms with Crippen molar-refractivity contribution >= 4 is 32.6 Å². The number of nitriles is 1. The first kappa shape index (κ1) is 18.8. The number of rotatable bonds is 4. The molecule has 0 saturated heterocycles. The molecule has 0 aliphatic carbocycles. The van der Waals surface area contributed by atoms with Gasteiger partial charge in [0.05, 0.1) is 16.6 Å². The highest BCUT2D eigenvalue weighted by molar-refractivity contribution is 9.10. The summed E-state index contributed by atoms with van der Waals surface area (Å²) in [5, 5.41) is 25.6. The van der Waals surface area contributed by atoms with Gasteiger partial charge in [0, 0.05) is 34.2 Å². The molecule has 2 N–H and O–H groups in total. The molecular formula is C21H15BrN4O3. The Morgan fingerprint density at radius 3 is 2.62 bits per heavy atom. The Morgan fingerprint density at radius 2 is 1.97 bits per heavy atom. The fourth-order valence-electron chi connectivity index (χ4n) is 3.53. The van der Waals surface area contributed by atoms with Crippen molar-refractivity contribution in [2.45, 2.75) is 5.92 Å². The van der Waals surface area contributed by atoms with Crippen LogP contribution in [0.15, 0.2) is 76.4 Å². The number of aromatic amines is 1. The summed E-state index contributed by atoms with van der Waals surface area (Å²) in [4.78, 5) is 14.6.